The largest absolute Gasteiger partial charge is 0.392 e. The van der Waals surface area contributed by atoms with Crippen molar-refractivity contribution in [3.05, 3.63) is 82.7 Å². The lowest BCUT2D eigenvalue weighted by Gasteiger charge is -2.31. The van der Waals surface area contributed by atoms with Gasteiger partial charge in [0, 0.05) is 43.0 Å². The molecule has 1 atom stereocenters. The van der Waals surface area contributed by atoms with Crippen molar-refractivity contribution in [2.24, 2.45) is 4.99 Å². The number of carbonyl (C=O) groups is 2. The first-order valence-corrected chi connectivity index (χ1v) is 13.5. The SMILES string of the molecule is O=C1C=C(CNn2cnc3ncccc32)C=NC1c1ccnc(N2CCn3c(cc4c3CCCC4)C2=O)c1CO. The molecule has 202 valence electrons. The summed E-state index contributed by atoms with van der Waals surface area (Å²) in [4.78, 5) is 46.0. The maximum atomic E-state index is 13.6. The second kappa shape index (κ2) is 9.83. The van der Waals surface area contributed by atoms with Crippen LogP contribution in [0.2, 0.25) is 0 Å². The number of dihydropyridines is 1. The molecule has 11 nitrogen and oxygen atoms in total. The number of amides is 1. The Labute approximate surface area is 229 Å². The highest BCUT2D eigenvalue weighted by molar-refractivity contribution is 6.07. The molecule has 0 saturated heterocycles. The molecule has 2 N–H and O–H groups in total. The van der Waals surface area contributed by atoms with Crippen LogP contribution < -0.4 is 10.3 Å². The van der Waals surface area contributed by atoms with Crippen molar-refractivity contribution < 1.29 is 14.7 Å². The summed E-state index contributed by atoms with van der Waals surface area (Å²) in [6.45, 7) is 1.13. The minimum Gasteiger partial charge on any atom is -0.392 e. The van der Waals surface area contributed by atoms with Crippen LogP contribution in [0.1, 0.15) is 51.8 Å². The van der Waals surface area contributed by atoms with Gasteiger partial charge in [0.25, 0.3) is 5.91 Å². The number of carbonyl (C=O) groups excluding carboxylic acids is 2. The van der Waals surface area contributed by atoms with E-state index in [4.69, 9.17) is 0 Å². The minimum atomic E-state index is -0.818. The zero-order valence-corrected chi connectivity index (χ0v) is 21.8. The molecule has 0 saturated carbocycles. The van der Waals surface area contributed by atoms with Gasteiger partial charge >= 0.3 is 0 Å². The number of hydrogen-bond acceptors (Lipinski definition) is 8. The highest BCUT2D eigenvalue weighted by Crippen LogP contribution is 2.34. The van der Waals surface area contributed by atoms with E-state index in [-0.39, 0.29) is 18.3 Å². The molecule has 0 aromatic carbocycles. The summed E-state index contributed by atoms with van der Waals surface area (Å²) in [6, 6.07) is 6.64. The van der Waals surface area contributed by atoms with Gasteiger partial charge in [-0.1, -0.05) is 0 Å². The number of nitrogens with zero attached hydrogens (tertiary/aromatic N) is 7. The van der Waals surface area contributed by atoms with Crippen molar-refractivity contribution in [3.8, 4) is 0 Å². The lowest BCUT2D eigenvalue weighted by atomic mass is 9.95. The van der Waals surface area contributed by atoms with Crippen molar-refractivity contribution in [1.82, 2.24) is 24.2 Å². The van der Waals surface area contributed by atoms with Crippen molar-refractivity contribution in [2.45, 2.75) is 44.9 Å². The molecule has 7 rings (SSSR count). The molecular weight excluding hydrogens is 508 g/mol. The number of rotatable bonds is 6. The monoisotopic (exact) mass is 536 g/mol. The van der Waals surface area contributed by atoms with Crippen LogP contribution in [-0.2, 0) is 30.8 Å². The van der Waals surface area contributed by atoms with Crippen LogP contribution in [0.5, 0.6) is 0 Å². The quantitative estimate of drug-likeness (QED) is 0.387. The van der Waals surface area contributed by atoms with E-state index in [1.165, 1.54) is 11.3 Å². The summed E-state index contributed by atoms with van der Waals surface area (Å²) < 4.78 is 3.91. The summed E-state index contributed by atoms with van der Waals surface area (Å²) in [7, 11) is 0. The topological polar surface area (TPSA) is 131 Å². The highest BCUT2D eigenvalue weighted by atomic mass is 16.3. The van der Waals surface area contributed by atoms with Crippen molar-refractivity contribution in [1.29, 1.82) is 0 Å². The van der Waals surface area contributed by atoms with E-state index in [2.05, 4.69) is 29.9 Å². The van der Waals surface area contributed by atoms with Gasteiger partial charge in [-0.15, -0.1) is 0 Å². The Morgan fingerprint density at radius 1 is 1.05 bits per heavy atom. The van der Waals surface area contributed by atoms with Gasteiger partial charge in [0.05, 0.1) is 13.2 Å². The third kappa shape index (κ3) is 4.01. The number of aliphatic imine (C=N–C) groups is 1. The second-order valence-electron chi connectivity index (χ2n) is 10.3. The van der Waals surface area contributed by atoms with E-state index in [9.17, 15) is 14.7 Å². The lowest BCUT2D eigenvalue weighted by Crippen LogP contribution is -2.41. The number of anilines is 1. The molecular formula is C29H28N8O3. The first-order valence-electron chi connectivity index (χ1n) is 13.5. The Balaban J connectivity index is 1.12. The Bertz CT molecular complexity index is 1720. The van der Waals surface area contributed by atoms with Gasteiger partial charge in [0.2, 0.25) is 0 Å². The summed E-state index contributed by atoms with van der Waals surface area (Å²) in [5.74, 6) is 0.0549. The van der Waals surface area contributed by atoms with E-state index in [1.54, 1.807) is 46.7 Å². The third-order valence-corrected chi connectivity index (χ3v) is 7.96. The number of imidazole rings is 1. The van der Waals surface area contributed by atoms with Gasteiger partial charge in [0.1, 0.15) is 29.4 Å². The predicted molar refractivity (Wildman–Crippen MR) is 149 cm³/mol. The van der Waals surface area contributed by atoms with Crippen LogP contribution in [0.3, 0.4) is 0 Å². The molecule has 2 aliphatic heterocycles. The molecule has 1 unspecified atom stereocenters. The number of fused-ring (bicyclic) bond motifs is 4. The van der Waals surface area contributed by atoms with Crippen LogP contribution in [0.25, 0.3) is 11.2 Å². The molecule has 11 heteroatoms. The number of hydrogen-bond donors (Lipinski definition) is 2. The number of pyridine rings is 2. The lowest BCUT2D eigenvalue weighted by molar-refractivity contribution is -0.115. The van der Waals surface area contributed by atoms with Crippen LogP contribution in [0, 0.1) is 0 Å². The van der Waals surface area contributed by atoms with E-state index in [0.29, 0.717) is 53.5 Å². The Morgan fingerprint density at radius 3 is 2.83 bits per heavy atom. The maximum Gasteiger partial charge on any atom is 0.276 e. The fraction of sp³-hybridized carbons (Fsp3) is 0.310. The zero-order chi connectivity index (χ0) is 27.2. The number of ketones is 1. The Kier molecular flexibility index (Phi) is 6.00. The normalized spacial score (nSPS) is 18.6. The molecule has 4 aromatic heterocycles. The summed E-state index contributed by atoms with van der Waals surface area (Å²) >= 11 is 0. The smallest absolute Gasteiger partial charge is 0.276 e. The number of nitrogens with one attached hydrogen (secondary N) is 1. The Hall–Kier alpha value is -4.64. The van der Waals surface area contributed by atoms with Gasteiger partial charge in [-0.2, -0.15) is 0 Å². The summed E-state index contributed by atoms with van der Waals surface area (Å²) in [5, 5.41) is 10.4. The molecule has 0 spiro atoms. The molecule has 1 aliphatic carbocycles. The van der Waals surface area contributed by atoms with Gasteiger partial charge in [-0.25, -0.2) is 19.6 Å². The van der Waals surface area contributed by atoms with E-state index in [0.717, 1.165) is 31.2 Å². The molecule has 0 fully saturated rings. The van der Waals surface area contributed by atoms with Crippen molar-refractivity contribution >= 4 is 34.9 Å². The molecule has 4 aromatic rings. The minimum absolute atomic E-state index is 0.131. The van der Waals surface area contributed by atoms with Crippen LogP contribution in [-0.4, -0.2) is 60.3 Å². The number of aliphatic hydroxyl groups excluding tert-OH is 1. The van der Waals surface area contributed by atoms with Crippen LogP contribution >= 0.6 is 0 Å². The van der Waals surface area contributed by atoms with E-state index in [1.807, 2.05) is 18.2 Å². The second-order valence-corrected chi connectivity index (χ2v) is 10.3. The van der Waals surface area contributed by atoms with Crippen molar-refractivity contribution in [2.75, 3.05) is 23.4 Å². The van der Waals surface area contributed by atoms with E-state index < -0.39 is 6.04 Å². The molecule has 3 aliphatic rings. The Morgan fingerprint density at radius 2 is 1.95 bits per heavy atom. The average Bonchev–Trinajstić information content (AvgIpc) is 3.58. The summed E-state index contributed by atoms with van der Waals surface area (Å²) in [5.41, 5.74) is 9.60. The van der Waals surface area contributed by atoms with Gasteiger partial charge in [-0.05, 0) is 72.7 Å². The standard InChI is InChI=1S/C29H28N8O3/c38-16-21-20(26-25(39)12-18(14-32-26)15-34-37-17-33-27-23(37)6-3-8-30-27)7-9-31-28(21)36-11-10-35-22-5-2-1-4-19(22)13-24(35)29(36)40/h3,6-9,12-14,17,26,34,38H,1-2,4-5,10-11,15-16H2. The predicted octanol–water partition coefficient (Wildman–Crippen LogP) is 2.52. The van der Waals surface area contributed by atoms with Crippen LogP contribution in [0.15, 0.2) is 59.6 Å². The number of aromatic nitrogens is 5. The fourth-order valence-electron chi connectivity index (χ4n) is 6.01. The molecule has 6 heterocycles. The van der Waals surface area contributed by atoms with Gasteiger partial charge < -0.3 is 15.1 Å². The van der Waals surface area contributed by atoms with Crippen LogP contribution in [0.4, 0.5) is 5.82 Å². The fourth-order valence-corrected chi connectivity index (χ4v) is 6.01. The molecule has 40 heavy (non-hydrogen) atoms. The van der Waals surface area contributed by atoms with Gasteiger partial charge in [0.15, 0.2) is 11.4 Å². The van der Waals surface area contributed by atoms with Gasteiger partial charge in [-0.3, -0.25) is 19.5 Å². The average molecular weight is 537 g/mol. The number of aliphatic hydroxyl groups is 1. The highest BCUT2D eigenvalue weighted by Gasteiger charge is 2.33. The molecule has 1 amide bonds. The first kappa shape index (κ1) is 24.4. The molecule has 0 bridgehead atoms. The number of aryl methyl sites for hydroxylation is 1. The third-order valence-electron chi connectivity index (χ3n) is 7.96. The first-order chi connectivity index (χ1) is 19.6. The maximum absolute atomic E-state index is 13.6. The zero-order valence-electron chi connectivity index (χ0n) is 21.8. The van der Waals surface area contributed by atoms with E-state index >= 15 is 0 Å². The summed E-state index contributed by atoms with van der Waals surface area (Å²) in [6.07, 6.45) is 12.4. The van der Waals surface area contributed by atoms with Crippen molar-refractivity contribution in [3.63, 3.8) is 0 Å². The molecule has 0 radical (unpaired) electrons.